The summed E-state index contributed by atoms with van der Waals surface area (Å²) in [6.45, 7) is 2.56. The Morgan fingerprint density at radius 1 is 1.33 bits per heavy atom. The summed E-state index contributed by atoms with van der Waals surface area (Å²) in [5, 5.41) is 0.177. The van der Waals surface area contributed by atoms with Gasteiger partial charge in [-0.05, 0) is 29.8 Å². The Bertz CT molecular complexity index is 699. The second-order valence-electron chi connectivity index (χ2n) is 4.48. The number of benzene rings is 1. The molecule has 0 aliphatic rings. The SMILES string of the molecule is CCN(Cc1ccco1)S(=O)(=O)c1ccc(CN)cc1Cl. The first-order valence-electron chi connectivity index (χ1n) is 6.50. The van der Waals surface area contributed by atoms with Gasteiger partial charge in [-0.3, -0.25) is 0 Å². The molecule has 21 heavy (non-hydrogen) atoms. The van der Waals surface area contributed by atoms with Gasteiger partial charge in [0.15, 0.2) is 0 Å². The maximum absolute atomic E-state index is 12.7. The summed E-state index contributed by atoms with van der Waals surface area (Å²) < 4.78 is 31.9. The van der Waals surface area contributed by atoms with Gasteiger partial charge in [0.1, 0.15) is 10.7 Å². The third-order valence-corrected chi connectivity index (χ3v) is 5.52. The molecule has 0 saturated carbocycles. The van der Waals surface area contributed by atoms with Crippen LogP contribution in [0, 0.1) is 0 Å². The Hall–Kier alpha value is -1.34. The molecule has 7 heteroatoms. The molecular weight excluding hydrogens is 312 g/mol. The summed E-state index contributed by atoms with van der Waals surface area (Å²) in [5.41, 5.74) is 6.31. The summed E-state index contributed by atoms with van der Waals surface area (Å²) >= 11 is 6.09. The molecule has 2 aromatic rings. The summed E-state index contributed by atoms with van der Waals surface area (Å²) in [6.07, 6.45) is 1.51. The second-order valence-corrected chi connectivity index (χ2v) is 6.79. The molecule has 0 fully saturated rings. The van der Waals surface area contributed by atoms with Crippen molar-refractivity contribution in [1.29, 1.82) is 0 Å². The van der Waals surface area contributed by atoms with Crippen molar-refractivity contribution < 1.29 is 12.8 Å². The number of rotatable bonds is 6. The van der Waals surface area contributed by atoms with Gasteiger partial charge in [0.25, 0.3) is 0 Å². The van der Waals surface area contributed by atoms with Gasteiger partial charge >= 0.3 is 0 Å². The van der Waals surface area contributed by atoms with Crippen LogP contribution >= 0.6 is 11.6 Å². The first-order valence-corrected chi connectivity index (χ1v) is 8.32. The van der Waals surface area contributed by atoms with Crippen LogP contribution in [0.25, 0.3) is 0 Å². The van der Waals surface area contributed by atoms with Crippen molar-refractivity contribution in [2.45, 2.75) is 24.9 Å². The highest BCUT2D eigenvalue weighted by atomic mass is 35.5. The second kappa shape index (κ2) is 6.62. The molecule has 2 rings (SSSR count). The van der Waals surface area contributed by atoms with Crippen LogP contribution in [0.4, 0.5) is 0 Å². The highest BCUT2D eigenvalue weighted by Crippen LogP contribution is 2.26. The average molecular weight is 329 g/mol. The van der Waals surface area contributed by atoms with Crippen LogP contribution in [0.15, 0.2) is 45.9 Å². The minimum atomic E-state index is -3.68. The fourth-order valence-electron chi connectivity index (χ4n) is 1.96. The Kier molecular flexibility index (Phi) is 5.05. The van der Waals surface area contributed by atoms with Crippen molar-refractivity contribution in [1.82, 2.24) is 4.31 Å². The van der Waals surface area contributed by atoms with Crippen LogP contribution < -0.4 is 5.73 Å². The number of nitrogens with two attached hydrogens (primary N) is 1. The number of halogens is 1. The quantitative estimate of drug-likeness (QED) is 0.884. The molecule has 1 heterocycles. The number of nitrogens with zero attached hydrogens (tertiary/aromatic N) is 1. The maximum Gasteiger partial charge on any atom is 0.244 e. The molecule has 2 N–H and O–H groups in total. The van der Waals surface area contributed by atoms with Gasteiger partial charge in [-0.15, -0.1) is 0 Å². The van der Waals surface area contributed by atoms with E-state index >= 15 is 0 Å². The first kappa shape index (κ1) is 16.0. The van der Waals surface area contributed by atoms with Gasteiger partial charge < -0.3 is 10.2 Å². The predicted octanol–water partition coefficient (Wildman–Crippen LogP) is 2.60. The lowest BCUT2D eigenvalue weighted by atomic mass is 10.2. The van der Waals surface area contributed by atoms with Crippen molar-refractivity contribution in [3.63, 3.8) is 0 Å². The van der Waals surface area contributed by atoms with Crippen molar-refractivity contribution in [3.05, 3.63) is 52.9 Å². The zero-order valence-corrected chi connectivity index (χ0v) is 13.2. The van der Waals surface area contributed by atoms with Crippen molar-refractivity contribution in [2.24, 2.45) is 5.73 Å². The van der Waals surface area contributed by atoms with E-state index < -0.39 is 10.0 Å². The van der Waals surface area contributed by atoms with Crippen molar-refractivity contribution >= 4 is 21.6 Å². The summed E-state index contributed by atoms with van der Waals surface area (Å²) in [5.74, 6) is 0.579. The normalized spacial score (nSPS) is 12.0. The van der Waals surface area contributed by atoms with E-state index in [1.165, 1.54) is 16.6 Å². The molecule has 0 amide bonds. The van der Waals surface area contributed by atoms with E-state index in [-0.39, 0.29) is 16.5 Å². The molecule has 0 aliphatic heterocycles. The Morgan fingerprint density at radius 2 is 2.10 bits per heavy atom. The first-order chi connectivity index (χ1) is 9.98. The van der Waals surface area contributed by atoms with E-state index in [9.17, 15) is 8.42 Å². The molecule has 0 unspecified atom stereocenters. The minimum Gasteiger partial charge on any atom is -0.468 e. The van der Waals surface area contributed by atoms with Gasteiger partial charge in [0.2, 0.25) is 10.0 Å². The third-order valence-electron chi connectivity index (χ3n) is 3.11. The Balaban J connectivity index is 2.35. The zero-order chi connectivity index (χ0) is 15.5. The van der Waals surface area contributed by atoms with Crippen LogP contribution in [-0.4, -0.2) is 19.3 Å². The molecule has 114 valence electrons. The van der Waals surface area contributed by atoms with Crippen LogP contribution in [-0.2, 0) is 23.1 Å². The van der Waals surface area contributed by atoms with Crippen LogP contribution in [0.3, 0.4) is 0 Å². The topological polar surface area (TPSA) is 76.5 Å². The van der Waals surface area contributed by atoms with E-state index in [1.807, 2.05) is 0 Å². The molecule has 0 saturated heterocycles. The molecule has 0 aliphatic carbocycles. The van der Waals surface area contributed by atoms with Gasteiger partial charge in [-0.1, -0.05) is 24.6 Å². The molecule has 1 aromatic heterocycles. The molecule has 5 nitrogen and oxygen atoms in total. The van der Waals surface area contributed by atoms with Crippen molar-refractivity contribution in [2.75, 3.05) is 6.54 Å². The predicted molar refractivity (Wildman–Crippen MR) is 81.3 cm³/mol. The average Bonchev–Trinajstić information content (AvgIpc) is 2.97. The highest BCUT2D eigenvalue weighted by molar-refractivity contribution is 7.89. The van der Waals surface area contributed by atoms with Crippen LogP contribution in [0.2, 0.25) is 5.02 Å². The van der Waals surface area contributed by atoms with Crippen molar-refractivity contribution in [3.8, 4) is 0 Å². The molecule has 0 radical (unpaired) electrons. The van der Waals surface area contributed by atoms with E-state index in [4.69, 9.17) is 21.8 Å². The Morgan fingerprint density at radius 3 is 2.62 bits per heavy atom. The van der Waals surface area contributed by atoms with Gasteiger partial charge in [-0.2, -0.15) is 4.31 Å². The summed E-state index contributed by atoms with van der Waals surface area (Å²) in [4.78, 5) is 0.0785. The van der Waals surface area contributed by atoms with E-state index in [0.29, 0.717) is 18.8 Å². The Labute approximate surface area is 129 Å². The fourth-order valence-corrected chi connectivity index (χ4v) is 3.92. The van der Waals surface area contributed by atoms with Gasteiger partial charge in [0, 0.05) is 13.1 Å². The summed E-state index contributed by atoms with van der Waals surface area (Å²) in [6, 6.07) is 8.19. The van der Waals surface area contributed by atoms with E-state index in [0.717, 1.165) is 5.56 Å². The number of hydrogen-bond acceptors (Lipinski definition) is 4. The molecule has 0 atom stereocenters. The maximum atomic E-state index is 12.7. The van der Waals surface area contributed by atoms with E-state index in [1.54, 1.807) is 31.2 Å². The van der Waals surface area contributed by atoms with Crippen LogP contribution in [0.5, 0.6) is 0 Å². The van der Waals surface area contributed by atoms with E-state index in [2.05, 4.69) is 0 Å². The number of hydrogen-bond donors (Lipinski definition) is 1. The standard InChI is InChI=1S/C14H17ClN2O3S/c1-2-17(10-12-4-3-7-20-12)21(18,19)14-6-5-11(9-16)8-13(14)15/h3-8H,2,9-10,16H2,1H3. The smallest absolute Gasteiger partial charge is 0.244 e. The number of sulfonamides is 1. The molecular formula is C14H17ClN2O3S. The highest BCUT2D eigenvalue weighted by Gasteiger charge is 2.26. The molecule has 0 spiro atoms. The monoisotopic (exact) mass is 328 g/mol. The fraction of sp³-hybridized carbons (Fsp3) is 0.286. The lowest BCUT2D eigenvalue weighted by Crippen LogP contribution is -2.30. The van der Waals surface area contributed by atoms with Gasteiger partial charge in [0.05, 0.1) is 17.8 Å². The minimum absolute atomic E-state index is 0.0785. The molecule has 0 bridgehead atoms. The van der Waals surface area contributed by atoms with Crippen LogP contribution in [0.1, 0.15) is 18.2 Å². The lowest BCUT2D eigenvalue weighted by molar-refractivity contribution is 0.375. The zero-order valence-electron chi connectivity index (χ0n) is 11.6. The molecule has 1 aromatic carbocycles. The lowest BCUT2D eigenvalue weighted by Gasteiger charge is -2.20. The number of furan rings is 1. The third kappa shape index (κ3) is 3.47. The largest absolute Gasteiger partial charge is 0.468 e. The van der Waals surface area contributed by atoms with Gasteiger partial charge in [-0.25, -0.2) is 8.42 Å². The summed E-state index contributed by atoms with van der Waals surface area (Å²) in [7, 11) is -3.68.